The van der Waals surface area contributed by atoms with E-state index >= 15 is 0 Å². The topological polar surface area (TPSA) is 61.4 Å². The number of amides is 3. The number of nitrogens with one attached hydrogen (secondary N) is 2. The van der Waals surface area contributed by atoms with E-state index in [2.05, 4.69) is 26.6 Å². The Bertz CT molecular complexity index is 756. The van der Waals surface area contributed by atoms with Crippen LogP contribution in [0.1, 0.15) is 18.4 Å². The normalized spacial score (nSPS) is 15.0. The van der Waals surface area contributed by atoms with Gasteiger partial charge in [-0.25, -0.2) is 4.79 Å². The van der Waals surface area contributed by atoms with Crippen molar-refractivity contribution in [3.05, 3.63) is 45.7 Å². The molecule has 3 amide bonds. The highest BCUT2D eigenvalue weighted by molar-refractivity contribution is 9.10. The van der Waals surface area contributed by atoms with Crippen molar-refractivity contribution in [3.8, 4) is 0 Å². The number of piperidine rings is 1. The second-order valence-corrected chi connectivity index (χ2v) is 7.98. The molecule has 2 N–H and O–H groups in total. The third-order valence-corrected chi connectivity index (χ3v) is 5.63. The number of halogens is 1. The Balaban J connectivity index is 1.51. The van der Waals surface area contributed by atoms with Crippen LogP contribution in [0, 0.1) is 12.8 Å². The first-order valence-electron chi connectivity index (χ1n) is 8.19. The van der Waals surface area contributed by atoms with Gasteiger partial charge in [-0.15, -0.1) is 11.3 Å². The average molecular weight is 422 g/mol. The number of urea groups is 1. The van der Waals surface area contributed by atoms with Gasteiger partial charge < -0.3 is 10.2 Å². The van der Waals surface area contributed by atoms with Gasteiger partial charge in [0.25, 0.3) is 0 Å². The molecule has 7 heteroatoms. The number of benzene rings is 1. The van der Waals surface area contributed by atoms with Crippen LogP contribution in [0.4, 0.5) is 15.5 Å². The maximum absolute atomic E-state index is 12.5. The number of carbonyl (C=O) groups is 2. The van der Waals surface area contributed by atoms with Crippen LogP contribution >= 0.6 is 27.3 Å². The molecule has 2 heterocycles. The predicted molar refractivity (Wildman–Crippen MR) is 105 cm³/mol. The number of likely N-dealkylation sites (tertiary alicyclic amines) is 1. The highest BCUT2D eigenvalue weighted by Gasteiger charge is 2.27. The van der Waals surface area contributed by atoms with Crippen molar-refractivity contribution < 1.29 is 9.59 Å². The van der Waals surface area contributed by atoms with E-state index in [4.69, 9.17) is 0 Å². The van der Waals surface area contributed by atoms with E-state index < -0.39 is 0 Å². The Morgan fingerprint density at radius 1 is 1.20 bits per heavy atom. The zero-order valence-corrected chi connectivity index (χ0v) is 16.3. The number of carbonyl (C=O) groups excluding carboxylic acids is 2. The molecule has 2 aromatic rings. The fourth-order valence-corrected chi connectivity index (χ4v) is 3.96. The molecule has 1 saturated heterocycles. The van der Waals surface area contributed by atoms with Crippen molar-refractivity contribution >= 4 is 49.9 Å². The van der Waals surface area contributed by atoms with E-state index in [-0.39, 0.29) is 17.9 Å². The van der Waals surface area contributed by atoms with Crippen LogP contribution in [-0.2, 0) is 4.79 Å². The van der Waals surface area contributed by atoms with Gasteiger partial charge in [0.1, 0.15) is 0 Å². The van der Waals surface area contributed by atoms with Crippen molar-refractivity contribution in [3.63, 3.8) is 0 Å². The van der Waals surface area contributed by atoms with Crippen LogP contribution in [0.25, 0.3) is 0 Å². The minimum atomic E-state index is -0.0925. The van der Waals surface area contributed by atoms with Crippen molar-refractivity contribution in [2.24, 2.45) is 5.92 Å². The van der Waals surface area contributed by atoms with Crippen molar-refractivity contribution in [1.29, 1.82) is 0 Å². The van der Waals surface area contributed by atoms with Gasteiger partial charge in [-0.3, -0.25) is 10.1 Å². The SMILES string of the molecule is Cc1cc(Br)ccc1NC(=O)C1CCN(C(=O)Nc2cccs2)CC1. The van der Waals surface area contributed by atoms with Crippen molar-refractivity contribution in [2.45, 2.75) is 19.8 Å². The van der Waals surface area contributed by atoms with Crippen LogP contribution in [0.15, 0.2) is 40.2 Å². The number of hydrogen-bond acceptors (Lipinski definition) is 3. The van der Waals surface area contributed by atoms with Gasteiger partial charge in [-0.2, -0.15) is 0 Å². The summed E-state index contributed by atoms with van der Waals surface area (Å²) >= 11 is 4.92. The lowest BCUT2D eigenvalue weighted by Crippen LogP contribution is -2.43. The van der Waals surface area contributed by atoms with Gasteiger partial charge in [0.2, 0.25) is 5.91 Å². The highest BCUT2D eigenvalue weighted by Crippen LogP contribution is 2.24. The van der Waals surface area contributed by atoms with Crippen LogP contribution in [0.5, 0.6) is 0 Å². The van der Waals surface area contributed by atoms with Crippen LogP contribution in [0.3, 0.4) is 0 Å². The molecule has 1 aliphatic heterocycles. The zero-order chi connectivity index (χ0) is 17.8. The molecule has 0 bridgehead atoms. The van der Waals surface area contributed by atoms with Gasteiger partial charge in [0, 0.05) is 29.2 Å². The number of nitrogens with zero attached hydrogens (tertiary/aromatic N) is 1. The molecule has 1 aromatic carbocycles. The van der Waals surface area contributed by atoms with E-state index in [1.807, 2.05) is 42.6 Å². The van der Waals surface area contributed by atoms with E-state index in [9.17, 15) is 9.59 Å². The summed E-state index contributed by atoms with van der Waals surface area (Å²) in [5.41, 5.74) is 1.86. The Morgan fingerprint density at radius 2 is 1.96 bits per heavy atom. The van der Waals surface area contributed by atoms with Crippen molar-refractivity contribution in [1.82, 2.24) is 4.90 Å². The summed E-state index contributed by atoms with van der Waals surface area (Å²) in [7, 11) is 0. The molecule has 5 nitrogen and oxygen atoms in total. The largest absolute Gasteiger partial charge is 0.326 e. The summed E-state index contributed by atoms with van der Waals surface area (Å²) in [4.78, 5) is 26.5. The van der Waals surface area contributed by atoms with E-state index in [1.54, 1.807) is 4.90 Å². The number of rotatable bonds is 3. The number of aryl methyl sites for hydroxylation is 1. The first-order chi connectivity index (χ1) is 12.0. The third-order valence-electron chi connectivity index (χ3n) is 4.35. The molecule has 0 aliphatic carbocycles. The summed E-state index contributed by atoms with van der Waals surface area (Å²) in [6.07, 6.45) is 1.36. The summed E-state index contributed by atoms with van der Waals surface area (Å²) in [5, 5.41) is 8.67. The molecular weight excluding hydrogens is 402 g/mol. The van der Waals surface area contributed by atoms with Gasteiger partial charge in [0.15, 0.2) is 0 Å². The van der Waals surface area contributed by atoms with E-state index in [1.165, 1.54) is 11.3 Å². The Kier molecular flexibility index (Phi) is 5.75. The molecule has 0 saturated carbocycles. The summed E-state index contributed by atoms with van der Waals surface area (Å²) in [5.74, 6) is -0.0300. The monoisotopic (exact) mass is 421 g/mol. The third kappa shape index (κ3) is 4.61. The minimum absolute atomic E-state index is 0.0312. The molecule has 1 aliphatic rings. The second kappa shape index (κ2) is 8.01. The molecule has 3 rings (SSSR count). The fraction of sp³-hybridized carbons (Fsp3) is 0.333. The predicted octanol–water partition coefficient (Wildman–Crippen LogP) is 4.70. The zero-order valence-electron chi connectivity index (χ0n) is 13.9. The molecule has 0 spiro atoms. The molecule has 25 heavy (non-hydrogen) atoms. The summed E-state index contributed by atoms with van der Waals surface area (Å²) < 4.78 is 0.994. The van der Waals surface area contributed by atoms with E-state index in [0.717, 1.165) is 20.7 Å². The summed E-state index contributed by atoms with van der Waals surface area (Å²) in [6.45, 7) is 3.15. The number of anilines is 2. The standard InChI is InChI=1S/C18H20BrN3O2S/c1-12-11-14(19)4-5-15(12)20-17(23)13-6-8-22(9-7-13)18(24)21-16-3-2-10-25-16/h2-5,10-11,13H,6-9H2,1H3,(H,20,23)(H,21,24). The number of hydrogen-bond donors (Lipinski definition) is 2. The second-order valence-electron chi connectivity index (χ2n) is 6.12. The first-order valence-corrected chi connectivity index (χ1v) is 9.86. The van der Waals surface area contributed by atoms with Crippen molar-refractivity contribution in [2.75, 3.05) is 23.7 Å². The Hall–Kier alpha value is -1.86. The fourth-order valence-electron chi connectivity index (χ4n) is 2.88. The number of thiophene rings is 1. The van der Waals surface area contributed by atoms with Gasteiger partial charge in [-0.05, 0) is 61.0 Å². The maximum atomic E-state index is 12.5. The Morgan fingerprint density at radius 3 is 2.60 bits per heavy atom. The molecule has 0 unspecified atom stereocenters. The smallest absolute Gasteiger partial charge is 0.322 e. The van der Waals surface area contributed by atoms with Gasteiger partial charge in [-0.1, -0.05) is 15.9 Å². The average Bonchev–Trinajstić information content (AvgIpc) is 3.10. The Labute approximate surface area is 159 Å². The lowest BCUT2D eigenvalue weighted by Gasteiger charge is -2.31. The lowest BCUT2D eigenvalue weighted by molar-refractivity contribution is -0.121. The van der Waals surface area contributed by atoms with E-state index in [0.29, 0.717) is 25.9 Å². The van der Waals surface area contributed by atoms with Crippen LogP contribution < -0.4 is 10.6 Å². The van der Waals surface area contributed by atoms with Gasteiger partial charge >= 0.3 is 6.03 Å². The molecular formula is C18H20BrN3O2S. The molecule has 1 aromatic heterocycles. The molecule has 0 radical (unpaired) electrons. The van der Waals surface area contributed by atoms with Crippen LogP contribution in [0.2, 0.25) is 0 Å². The molecule has 0 atom stereocenters. The summed E-state index contributed by atoms with van der Waals surface area (Å²) in [6, 6.07) is 9.49. The lowest BCUT2D eigenvalue weighted by atomic mass is 9.96. The van der Waals surface area contributed by atoms with Crippen LogP contribution in [-0.4, -0.2) is 29.9 Å². The minimum Gasteiger partial charge on any atom is -0.326 e. The maximum Gasteiger partial charge on any atom is 0.322 e. The highest BCUT2D eigenvalue weighted by atomic mass is 79.9. The van der Waals surface area contributed by atoms with Gasteiger partial charge in [0.05, 0.1) is 5.00 Å². The first kappa shape index (κ1) is 17.9. The molecule has 132 valence electrons. The molecule has 1 fully saturated rings. The quantitative estimate of drug-likeness (QED) is 0.753.